The molecule has 0 aliphatic rings. The predicted octanol–water partition coefficient (Wildman–Crippen LogP) is 3.57. The maximum Gasteiger partial charge on any atom is 0.373 e. The van der Waals surface area contributed by atoms with Gasteiger partial charge in [-0.15, -0.1) is 22.7 Å². The van der Waals surface area contributed by atoms with Gasteiger partial charge in [0.1, 0.15) is 0 Å². The summed E-state index contributed by atoms with van der Waals surface area (Å²) in [6.07, 6.45) is 0. The van der Waals surface area contributed by atoms with E-state index in [2.05, 4.69) is 4.74 Å². The van der Waals surface area contributed by atoms with Crippen LogP contribution in [0.4, 0.5) is 0 Å². The first-order valence-corrected chi connectivity index (χ1v) is 7.08. The summed E-state index contributed by atoms with van der Waals surface area (Å²) in [6.45, 7) is 0. The van der Waals surface area contributed by atoms with Gasteiger partial charge in [-0.1, -0.05) is 0 Å². The number of ketones is 1. The molecule has 19 heavy (non-hydrogen) atoms. The van der Waals surface area contributed by atoms with E-state index in [1.165, 1.54) is 30.6 Å². The minimum absolute atomic E-state index is 0.0317. The van der Waals surface area contributed by atoms with Crippen LogP contribution in [0.3, 0.4) is 0 Å². The zero-order valence-electron chi connectivity index (χ0n) is 9.84. The average Bonchev–Trinajstić information content (AvgIpc) is 3.10. The second kappa shape index (κ2) is 4.64. The van der Waals surface area contributed by atoms with Crippen LogP contribution in [0, 0.1) is 0 Å². The molecule has 0 fully saturated rings. The molecule has 3 rings (SSSR count). The van der Waals surface area contributed by atoms with E-state index in [1.54, 1.807) is 11.3 Å². The van der Waals surface area contributed by atoms with Crippen LogP contribution >= 0.6 is 22.7 Å². The van der Waals surface area contributed by atoms with E-state index >= 15 is 0 Å². The number of furan rings is 1. The van der Waals surface area contributed by atoms with Gasteiger partial charge in [0.25, 0.3) is 0 Å². The molecule has 0 atom stereocenters. The van der Waals surface area contributed by atoms with Crippen LogP contribution < -0.4 is 0 Å². The van der Waals surface area contributed by atoms with Gasteiger partial charge in [0.15, 0.2) is 5.76 Å². The number of methoxy groups -OCH3 is 1. The summed E-state index contributed by atoms with van der Waals surface area (Å²) in [4.78, 5) is 24.1. The van der Waals surface area contributed by atoms with Crippen molar-refractivity contribution in [1.29, 1.82) is 0 Å². The highest BCUT2D eigenvalue weighted by atomic mass is 32.1. The SMILES string of the molecule is COC(=O)c1ccc(C(=O)c2cc3sccc3s2)o1. The first-order valence-electron chi connectivity index (χ1n) is 5.39. The molecule has 0 amide bonds. The van der Waals surface area contributed by atoms with Crippen molar-refractivity contribution in [2.75, 3.05) is 7.11 Å². The quantitative estimate of drug-likeness (QED) is 0.547. The fourth-order valence-electron chi connectivity index (χ4n) is 1.67. The Labute approximate surface area is 116 Å². The highest BCUT2D eigenvalue weighted by molar-refractivity contribution is 7.28. The predicted molar refractivity (Wildman–Crippen MR) is 73.2 cm³/mol. The molecular weight excluding hydrogens is 284 g/mol. The molecule has 0 spiro atoms. The lowest BCUT2D eigenvalue weighted by atomic mass is 10.2. The number of rotatable bonds is 3. The van der Waals surface area contributed by atoms with Crippen molar-refractivity contribution in [3.63, 3.8) is 0 Å². The lowest BCUT2D eigenvalue weighted by Gasteiger charge is -1.94. The number of fused-ring (bicyclic) bond motifs is 1. The normalized spacial score (nSPS) is 10.8. The van der Waals surface area contributed by atoms with Crippen molar-refractivity contribution in [2.45, 2.75) is 0 Å². The summed E-state index contributed by atoms with van der Waals surface area (Å²) in [5.74, 6) is -0.631. The van der Waals surface area contributed by atoms with E-state index in [0.717, 1.165) is 9.40 Å². The van der Waals surface area contributed by atoms with Crippen molar-refractivity contribution in [3.8, 4) is 0 Å². The maximum absolute atomic E-state index is 12.2. The highest BCUT2D eigenvalue weighted by Crippen LogP contribution is 2.31. The summed E-state index contributed by atoms with van der Waals surface area (Å²) in [5.41, 5.74) is 0. The van der Waals surface area contributed by atoms with Crippen molar-refractivity contribution in [1.82, 2.24) is 0 Å². The molecule has 96 valence electrons. The molecule has 0 aliphatic heterocycles. The fraction of sp³-hybridized carbons (Fsp3) is 0.0769. The molecule has 3 heterocycles. The molecule has 0 radical (unpaired) electrons. The van der Waals surface area contributed by atoms with Crippen molar-refractivity contribution in [2.24, 2.45) is 0 Å². The van der Waals surface area contributed by atoms with E-state index < -0.39 is 5.97 Å². The molecule has 0 unspecified atom stereocenters. The van der Waals surface area contributed by atoms with Gasteiger partial charge in [-0.3, -0.25) is 4.79 Å². The lowest BCUT2D eigenvalue weighted by Crippen LogP contribution is -1.99. The highest BCUT2D eigenvalue weighted by Gasteiger charge is 2.19. The Bertz CT molecular complexity index is 734. The Balaban J connectivity index is 1.93. The first-order chi connectivity index (χ1) is 9.19. The third-order valence-electron chi connectivity index (χ3n) is 2.58. The number of esters is 1. The molecule has 0 aromatic carbocycles. The second-order valence-electron chi connectivity index (χ2n) is 3.74. The van der Waals surface area contributed by atoms with E-state index in [9.17, 15) is 9.59 Å². The largest absolute Gasteiger partial charge is 0.463 e. The second-order valence-corrected chi connectivity index (χ2v) is 5.78. The van der Waals surface area contributed by atoms with E-state index in [1.807, 2.05) is 17.5 Å². The number of ether oxygens (including phenoxy) is 1. The number of hydrogen-bond acceptors (Lipinski definition) is 6. The van der Waals surface area contributed by atoms with Crippen LogP contribution in [0.5, 0.6) is 0 Å². The lowest BCUT2D eigenvalue weighted by molar-refractivity contribution is 0.0563. The maximum atomic E-state index is 12.2. The minimum Gasteiger partial charge on any atom is -0.463 e. The molecule has 0 saturated carbocycles. The standard InChI is InChI=1S/C13H8O4S2/c1-16-13(15)8-3-2-7(17-8)12(14)11-6-10-9(19-11)4-5-18-10/h2-6H,1H3. The van der Waals surface area contributed by atoms with Crippen LogP contribution in [-0.4, -0.2) is 18.9 Å². The smallest absolute Gasteiger partial charge is 0.373 e. The average molecular weight is 292 g/mol. The van der Waals surface area contributed by atoms with Gasteiger partial charge >= 0.3 is 5.97 Å². The summed E-state index contributed by atoms with van der Waals surface area (Å²) in [6, 6.07) is 6.74. The van der Waals surface area contributed by atoms with E-state index in [-0.39, 0.29) is 17.3 Å². The van der Waals surface area contributed by atoms with E-state index in [0.29, 0.717) is 4.88 Å². The molecule has 4 nitrogen and oxygen atoms in total. The number of thiophene rings is 2. The minimum atomic E-state index is -0.591. The molecule has 0 saturated heterocycles. The Morgan fingerprint density at radius 3 is 2.68 bits per heavy atom. The van der Waals surface area contributed by atoms with Gasteiger partial charge in [-0.2, -0.15) is 0 Å². The molecular formula is C13H8O4S2. The third-order valence-corrected chi connectivity index (χ3v) is 4.67. The van der Waals surface area contributed by atoms with Gasteiger partial charge in [0.05, 0.1) is 12.0 Å². The van der Waals surface area contributed by atoms with Crippen LogP contribution in [-0.2, 0) is 4.74 Å². The number of carbonyl (C=O) groups excluding carboxylic acids is 2. The van der Waals surface area contributed by atoms with Crippen LogP contribution in [0.25, 0.3) is 9.40 Å². The molecule has 0 bridgehead atoms. The molecule has 0 N–H and O–H groups in total. The van der Waals surface area contributed by atoms with E-state index in [4.69, 9.17) is 4.42 Å². The van der Waals surface area contributed by atoms with Crippen molar-refractivity contribution < 1.29 is 18.7 Å². The molecule has 3 aromatic heterocycles. The van der Waals surface area contributed by atoms with Gasteiger partial charge < -0.3 is 9.15 Å². The Hall–Kier alpha value is -1.92. The molecule has 6 heteroatoms. The zero-order valence-corrected chi connectivity index (χ0v) is 11.5. The summed E-state index contributed by atoms with van der Waals surface area (Å²) >= 11 is 3.00. The Morgan fingerprint density at radius 2 is 1.95 bits per heavy atom. The molecule has 0 aliphatic carbocycles. The topological polar surface area (TPSA) is 56.5 Å². The summed E-state index contributed by atoms with van der Waals surface area (Å²) < 4.78 is 11.9. The van der Waals surface area contributed by atoms with Gasteiger partial charge in [-0.05, 0) is 29.6 Å². The Kier molecular flexibility index (Phi) is 2.96. The zero-order chi connectivity index (χ0) is 13.4. The monoisotopic (exact) mass is 292 g/mol. The fourth-order valence-corrected chi connectivity index (χ4v) is 3.72. The van der Waals surface area contributed by atoms with Gasteiger partial charge in [0, 0.05) is 9.40 Å². The van der Waals surface area contributed by atoms with Crippen LogP contribution in [0.1, 0.15) is 26.0 Å². The number of hydrogen-bond donors (Lipinski definition) is 0. The van der Waals surface area contributed by atoms with Gasteiger partial charge in [0.2, 0.25) is 11.5 Å². The summed E-state index contributed by atoms with van der Waals surface area (Å²) in [7, 11) is 1.26. The van der Waals surface area contributed by atoms with Gasteiger partial charge in [-0.25, -0.2) is 4.79 Å². The first kappa shape index (κ1) is 12.1. The number of carbonyl (C=O) groups is 2. The third kappa shape index (κ3) is 2.09. The van der Waals surface area contributed by atoms with Crippen molar-refractivity contribution >= 4 is 43.8 Å². The summed E-state index contributed by atoms with van der Waals surface area (Å²) in [5, 5.41) is 1.98. The Morgan fingerprint density at radius 1 is 1.16 bits per heavy atom. The van der Waals surface area contributed by atoms with Crippen LogP contribution in [0.2, 0.25) is 0 Å². The molecule has 3 aromatic rings. The van der Waals surface area contributed by atoms with Crippen LogP contribution in [0.15, 0.2) is 34.1 Å². The van der Waals surface area contributed by atoms with Crippen molar-refractivity contribution in [3.05, 3.63) is 46.0 Å².